The van der Waals surface area contributed by atoms with Crippen LogP contribution in [-0.4, -0.2) is 0 Å². The fourth-order valence-corrected chi connectivity index (χ4v) is 4.14. The van der Waals surface area contributed by atoms with Crippen LogP contribution in [0.5, 0.6) is 0 Å². The maximum atomic E-state index is 4.13. The molecule has 0 nitrogen and oxygen atoms in total. The van der Waals surface area contributed by atoms with Gasteiger partial charge in [-0.05, 0) is 48.0 Å². The topological polar surface area (TPSA) is 0 Å². The Morgan fingerprint density at radius 1 is 1.20 bits per heavy atom. The minimum absolute atomic E-state index is 0.207. The maximum absolute atomic E-state index is 4.13. The SMILES string of the molecule is C=CC=CC(=C)C=CC1=CC2=C(C=CCC2)C1(CC)CCCCCC. The molecule has 1 atom stereocenters. The maximum Gasteiger partial charge on any atom is 0.0203 e. The van der Waals surface area contributed by atoms with Crippen LogP contribution in [0.25, 0.3) is 0 Å². The van der Waals surface area contributed by atoms with Crippen LogP contribution in [0, 0.1) is 5.41 Å². The highest BCUT2D eigenvalue weighted by atomic mass is 14.4. The Morgan fingerprint density at radius 3 is 2.76 bits per heavy atom. The van der Waals surface area contributed by atoms with Gasteiger partial charge in [-0.3, -0.25) is 0 Å². The fourth-order valence-electron chi connectivity index (χ4n) is 4.14. The molecule has 0 radical (unpaired) electrons. The van der Waals surface area contributed by atoms with Gasteiger partial charge < -0.3 is 0 Å². The van der Waals surface area contributed by atoms with Crippen molar-refractivity contribution in [2.45, 2.75) is 65.2 Å². The fraction of sp³-hybridized carbons (Fsp3) is 0.440. The molecule has 134 valence electrons. The van der Waals surface area contributed by atoms with Crippen molar-refractivity contribution in [3.8, 4) is 0 Å². The summed E-state index contributed by atoms with van der Waals surface area (Å²) in [4.78, 5) is 0. The molecule has 0 saturated carbocycles. The van der Waals surface area contributed by atoms with Crippen molar-refractivity contribution >= 4 is 0 Å². The molecule has 2 aliphatic rings. The molecule has 0 heteroatoms. The van der Waals surface area contributed by atoms with Gasteiger partial charge in [0.05, 0.1) is 0 Å². The van der Waals surface area contributed by atoms with Crippen LogP contribution in [0.4, 0.5) is 0 Å². The van der Waals surface area contributed by atoms with E-state index in [1.165, 1.54) is 56.9 Å². The van der Waals surface area contributed by atoms with Crippen molar-refractivity contribution in [2.24, 2.45) is 5.41 Å². The summed E-state index contributed by atoms with van der Waals surface area (Å²) in [7, 11) is 0. The van der Waals surface area contributed by atoms with Crippen LogP contribution in [0.15, 0.2) is 84.1 Å². The van der Waals surface area contributed by atoms with Gasteiger partial charge in [-0.15, -0.1) is 0 Å². The van der Waals surface area contributed by atoms with E-state index < -0.39 is 0 Å². The first kappa shape index (κ1) is 19.5. The largest absolute Gasteiger partial charge is 0.0991 e. The standard InChI is InChI=1S/C25H34/c1-5-8-10-13-19-25(7-3)23(18-17-21(4)14-9-6-2)20-22-15-11-12-16-24(22)25/h6,9,12,14,16-18,20H,2,4-5,7-8,10-11,13,15,19H2,1,3H3. The predicted molar refractivity (Wildman–Crippen MR) is 113 cm³/mol. The Kier molecular flexibility index (Phi) is 7.50. The number of allylic oxidation sites excluding steroid dienone is 12. The number of hydrogen-bond acceptors (Lipinski definition) is 0. The van der Waals surface area contributed by atoms with E-state index in [1.807, 2.05) is 12.2 Å². The summed E-state index contributed by atoms with van der Waals surface area (Å²) in [5.41, 5.74) is 5.86. The molecule has 0 aromatic heterocycles. The summed E-state index contributed by atoms with van der Waals surface area (Å²) in [5.74, 6) is 0. The van der Waals surface area contributed by atoms with Crippen molar-refractivity contribution in [2.75, 3.05) is 0 Å². The third-order valence-corrected chi connectivity index (χ3v) is 5.59. The zero-order valence-electron chi connectivity index (χ0n) is 16.2. The lowest BCUT2D eigenvalue weighted by Crippen LogP contribution is -2.22. The molecule has 1 unspecified atom stereocenters. The van der Waals surface area contributed by atoms with E-state index in [2.05, 4.69) is 57.4 Å². The highest BCUT2D eigenvalue weighted by molar-refractivity contribution is 5.57. The second kappa shape index (κ2) is 9.61. The van der Waals surface area contributed by atoms with Crippen molar-refractivity contribution in [3.05, 3.63) is 84.1 Å². The first-order chi connectivity index (χ1) is 12.2. The Bertz CT molecular complexity index is 633. The van der Waals surface area contributed by atoms with E-state index in [0.29, 0.717) is 0 Å². The van der Waals surface area contributed by atoms with Crippen LogP contribution in [-0.2, 0) is 0 Å². The molecule has 0 aromatic carbocycles. The molecule has 0 heterocycles. The van der Waals surface area contributed by atoms with E-state index in [9.17, 15) is 0 Å². The van der Waals surface area contributed by atoms with Crippen LogP contribution in [0.1, 0.15) is 65.2 Å². The molecule has 0 fully saturated rings. The van der Waals surface area contributed by atoms with Crippen molar-refractivity contribution in [1.29, 1.82) is 0 Å². The second-order valence-corrected chi connectivity index (χ2v) is 7.23. The Balaban J connectivity index is 2.24. The number of hydrogen-bond donors (Lipinski definition) is 0. The van der Waals surface area contributed by atoms with Gasteiger partial charge in [0.15, 0.2) is 0 Å². The van der Waals surface area contributed by atoms with Crippen molar-refractivity contribution in [1.82, 2.24) is 0 Å². The third-order valence-electron chi connectivity index (χ3n) is 5.59. The first-order valence-corrected chi connectivity index (χ1v) is 9.96. The molecule has 0 aliphatic heterocycles. The van der Waals surface area contributed by atoms with E-state index in [4.69, 9.17) is 0 Å². The minimum atomic E-state index is 0.207. The summed E-state index contributed by atoms with van der Waals surface area (Å²) in [6.45, 7) is 12.5. The van der Waals surface area contributed by atoms with Gasteiger partial charge in [0, 0.05) is 5.41 Å². The summed E-state index contributed by atoms with van der Waals surface area (Å²) in [6, 6.07) is 0. The molecule has 25 heavy (non-hydrogen) atoms. The van der Waals surface area contributed by atoms with Gasteiger partial charge in [-0.2, -0.15) is 0 Å². The average molecular weight is 335 g/mol. The van der Waals surface area contributed by atoms with Gasteiger partial charge in [0.2, 0.25) is 0 Å². The van der Waals surface area contributed by atoms with Gasteiger partial charge in [-0.25, -0.2) is 0 Å². The quantitative estimate of drug-likeness (QED) is 0.282. The molecule has 2 aliphatic carbocycles. The van der Waals surface area contributed by atoms with Gasteiger partial charge in [0.1, 0.15) is 0 Å². The summed E-state index contributed by atoms with van der Waals surface area (Å²) in [6.07, 6.45) is 27.6. The third kappa shape index (κ3) is 4.63. The van der Waals surface area contributed by atoms with Gasteiger partial charge >= 0.3 is 0 Å². The van der Waals surface area contributed by atoms with Crippen molar-refractivity contribution in [3.63, 3.8) is 0 Å². The van der Waals surface area contributed by atoms with Crippen molar-refractivity contribution < 1.29 is 0 Å². The highest BCUT2D eigenvalue weighted by Crippen LogP contribution is 2.52. The van der Waals surface area contributed by atoms with Gasteiger partial charge in [0.25, 0.3) is 0 Å². The van der Waals surface area contributed by atoms with E-state index in [1.54, 1.807) is 17.2 Å². The molecule has 0 aromatic rings. The molecular formula is C25H34. The molecule has 0 amide bonds. The smallest absolute Gasteiger partial charge is 0.0203 e. The monoisotopic (exact) mass is 334 g/mol. The lowest BCUT2D eigenvalue weighted by atomic mass is 9.69. The highest BCUT2D eigenvalue weighted by Gasteiger charge is 2.39. The lowest BCUT2D eigenvalue weighted by molar-refractivity contribution is 0.379. The number of unbranched alkanes of at least 4 members (excludes halogenated alkanes) is 3. The molecule has 0 saturated heterocycles. The minimum Gasteiger partial charge on any atom is -0.0991 e. The zero-order chi connectivity index (χ0) is 18.1. The average Bonchev–Trinajstić information content (AvgIpc) is 2.95. The Hall–Kier alpha value is -1.82. The normalized spacial score (nSPS) is 22.7. The van der Waals surface area contributed by atoms with E-state index >= 15 is 0 Å². The van der Waals surface area contributed by atoms with E-state index in [-0.39, 0.29) is 5.41 Å². The van der Waals surface area contributed by atoms with Crippen LogP contribution >= 0.6 is 0 Å². The van der Waals surface area contributed by atoms with Gasteiger partial charge in [-0.1, -0.05) is 101 Å². The Morgan fingerprint density at radius 2 is 2.04 bits per heavy atom. The summed E-state index contributed by atoms with van der Waals surface area (Å²) < 4.78 is 0. The Labute approximate surface area is 155 Å². The first-order valence-electron chi connectivity index (χ1n) is 9.96. The molecule has 2 rings (SSSR count). The predicted octanol–water partition coefficient (Wildman–Crippen LogP) is 7.79. The molecule has 0 spiro atoms. The summed E-state index contributed by atoms with van der Waals surface area (Å²) >= 11 is 0. The van der Waals surface area contributed by atoms with Crippen LogP contribution < -0.4 is 0 Å². The zero-order valence-corrected chi connectivity index (χ0v) is 16.2. The summed E-state index contributed by atoms with van der Waals surface area (Å²) in [5, 5.41) is 0. The number of rotatable bonds is 10. The molecular weight excluding hydrogens is 300 g/mol. The second-order valence-electron chi connectivity index (χ2n) is 7.23. The molecule has 0 bridgehead atoms. The van der Waals surface area contributed by atoms with Crippen LogP contribution in [0.3, 0.4) is 0 Å². The molecule has 0 N–H and O–H groups in total. The van der Waals surface area contributed by atoms with Crippen LogP contribution in [0.2, 0.25) is 0 Å². The lowest BCUT2D eigenvalue weighted by Gasteiger charge is -2.34. The van der Waals surface area contributed by atoms with E-state index in [0.717, 1.165) is 5.57 Å².